The van der Waals surface area contributed by atoms with E-state index < -0.39 is 0 Å². The van der Waals surface area contributed by atoms with Gasteiger partial charge < -0.3 is 15.2 Å². The molecular weight excluding hydrogens is 360 g/mol. The van der Waals surface area contributed by atoms with Crippen molar-refractivity contribution >= 4 is 17.1 Å². The number of aldehydes is 1. The van der Waals surface area contributed by atoms with Crippen LogP contribution in [0.5, 0.6) is 0 Å². The molecule has 29 heavy (non-hydrogen) atoms. The van der Waals surface area contributed by atoms with Crippen molar-refractivity contribution in [3.8, 4) is 11.4 Å². The zero-order valence-corrected chi connectivity index (χ0v) is 18.5. The summed E-state index contributed by atoms with van der Waals surface area (Å²) in [6.45, 7) is 2.75. The van der Waals surface area contributed by atoms with Crippen molar-refractivity contribution < 1.29 is 4.79 Å². The molecule has 5 heteroatoms. The van der Waals surface area contributed by atoms with Crippen molar-refractivity contribution in [2.45, 2.75) is 39.2 Å². The molecule has 1 fully saturated rings. The number of imidazole rings is 1. The van der Waals surface area contributed by atoms with Crippen molar-refractivity contribution in [1.29, 1.82) is 0 Å². The van der Waals surface area contributed by atoms with E-state index in [-0.39, 0.29) is 0 Å². The molecule has 4 rings (SSSR count). The van der Waals surface area contributed by atoms with E-state index >= 15 is 0 Å². The number of benzene rings is 2. The van der Waals surface area contributed by atoms with Gasteiger partial charge in [0.1, 0.15) is 11.5 Å². The Bertz CT molecular complexity index is 827. The van der Waals surface area contributed by atoms with Gasteiger partial charge in [0.25, 0.3) is 0 Å². The van der Waals surface area contributed by atoms with Crippen molar-refractivity contribution in [3.05, 3.63) is 54.4 Å². The van der Waals surface area contributed by atoms with Gasteiger partial charge >= 0.3 is 0 Å². The molecule has 1 aliphatic carbocycles. The third-order valence-electron chi connectivity index (χ3n) is 4.35. The minimum absolute atomic E-state index is 0.616. The van der Waals surface area contributed by atoms with Crippen molar-refractivity contribution in [2.75, 3.05) is 28.2 Å². The van der Waals surface area contributed by atoms with E-state index in [1.165, 1.54) is 31.1 Å². The maximum atomic E-state index is 11.0. The highest BCUT2D eigenvalue weighted by molar-refractivity contribution is 5.95. The van der Waals surface area contributed by atoms with E-state index in [0.29, 0.717) is 5.69 Å². The second-order valence-electron chi connectivity index (χ2n) is 6.81. The molecule has 0 aliphatic heterocycles. The Balaban J connectivity index is 0.000000350. The Morgan fingerprint density at radius 3 is 2.00 bits per heavy atom. The van der Waals surface area contributed by atoms with Gasteiger partial charge in [0.05, 0.1) is 6.20 Å². The second kappa shape index (κ2) is 14.5. The Morgan fingerprint density at radius 1 is 0.931 bits per heavy atom. The minimum Gasteiger partial charge on any atom is -0.323 e. The van der Waals surface area contributed by atoms with Gasteiger partial charge in [0.2, 0.25) is 0 Å². The quantitative estimate of drug-likeness (QED) is 0.626. The highest BCUT2D eigenvalue weighted by Crippen LogP contribution is 2.28. The van der Waals surface area contributed by atoms with Gasteiger partial charge in [-0.25, -0.2) is 4.98 Å². The van der Waals surface area contributed by atoms with Crippen LogP contribution in [0.2, 0.25) is 0 Å². The molecule has 0 bridgehead atoms. The predicted molar refractivity (Wildman–Crippen MR) is 125 cm³/mol. The lowest BCUT2D eigenvalue weighted by atomic mass is 10.0. The van der Waals surface area contributed by atoms with Crippen LogP contribution < -0.4 is 10.6 Å². The molecule has 0 radical (unpaired) electrons. The molecule has 1 aromatic heterocycles. The summed E-state index contributed by atoms with van der Waals surface area (Å²) < 4.78 is 1.94. The molecule has 158 valence electrons. The summed E-state index contributed by atoms with van der Waals surface area (Å²) in [6.07, 6.45) is 8.48. The lowest BCUT2D eigenvalue weighted by Gasteiger charge is -2.09. The molecule has 0 saturated heterocycles. The van der Waals surface area contributed by atoms with Gasteiger partial charge in [-0.2, -0.15) is 0 Å². The highest BCUT2D eigenvalue weighted by atomic mass is 16.1. The lowest BCUT2D eigenvalue weighted by Crippen LogP contribution is -2.02. The van der Waals surface area contributed by atoms with Gasteiger partial charge in [0.15, 0.2) is 6.29 Å². The van der Waals surface area contributed by atoms with Crippen LogP contribution in [0.4, 0.5) is 0 Å². The third kappa shape index (κ3) is 7.44. The minimum atomic E-state index is 0.616. The van der Waals surface area contributed by atoms with Gasteiger partial charge in [0, 0.05) is 12.1 Å². The second-order valence-corrected chi connectivity index (χ2v) is 6.81. The molecule has 2 N–H and O–H groups in total. The highest BCUT2D eigenvalue weighted by Gasteiger charge is 2.12. The summed E-state index contributed by atoms with van der Waals surface area (Å²) in [5.74, 6) is 0.849. The van der Waals surface area contributed by atoms with Crippen molar-refractivity contribution in [3.63, 3.8) is 0 Å². The largest absolute Gasteiger partial charge is 0.323 e. The molecule has 1 saturated carbocycles. The molecule has 0 unspecified atom stereocenters. The van der Waals surface area contributed by atoms with Gasteiger partial charge in [-0.05, 0) is 45.9 Å². The molecule has 3 aromatic rings. The Morgan fingerprint density at radius 2 is 1.48 bits per heavy atom. The number of fused-ring (bicyclic) bond motifs is 1. The van der Waals surface area contributed by atoms with E-state index in [9.17, 15) is 4.79 Å². The van der Waals surface area contributed by atoms with E-state index in [0.717, 1.165) is 29.6 Å². The van der Waals surface area contributed by atoms with Crippen LogP contribution in [-0.4, -0.2) is 44.0 Å². The van der Waals surface area contributed by atoms with Gasteiger partial charge in [-0.1, -0.05) is 68.1 Å². The Labute approximate surface area is 175 Å². The van der Waals surface area contributed by atoms with Crippen LogP contribution in [0.15, 0.2) is 48.7 Å². The monoisotopic (exact) mass is 396 g/mol. The summed E-state index contributed by atoms with van der Waals surface area (Å²) in [4.78, 5) is 15.4. The maximum Gasteiger partial charge on any atom is 0.168 e. The summed E-state index contributed by atoms with van der Waals surface area (Å²) in [5, 5.41) is 7.83. The average molecular weight is 397 g/mol. The first kappa shape index (κ1) is 24.5. The molecule has 2 aromatic carbocycles. The number of aromatic nitrogens is 2. The predicted octanol–water partition coefficient (Wildman–Crippen LogP) is 4.77. The summed E-state index contributed by atoms with van der Waals surface area (Å²) >= 11 is 0. The van der Waals surface area contributed by atoms with Crippen molar-refractivity contribution in [2.24, 2.45) is 0 Å². The topological polar surface area (TPSA) is 59.0 Å². The van der Waals surface area contributed by atoms with Crippen LogP contribution in [0.3, 0.4) is 0 Å². The smallest absolute Gasteiger partial charge is 0.168 e. The first-order chi connectivity index (χ1) is 14.2. The number of carbonyl (C=O) groups is 1. The standard InChI is InChI=1S/C16H14N2O.C4H8.2C2H7N/c1-2-18-13(11-19)10-17-16(18)15-9-5-7-12-6-3-4-8-14(12)15;1-2-4-3-1;2*1-3-2/h3-11H,2H2,1H3;1-4H2;2*3H,1-2H3. The molecule has 0 atom stereocenters. The first-order valence-corrected chi connectivity index (χ1v) is 10.3. The summed E-state index contributed by atoms with van der Waals surface area (Å²) in [7, 11) is 7.50. The fourth-order valence-electron chi connectivity index (χ4n) is 2.70. The van der Waals surface area contributed by atoms with E-state index in [4.69, 9.17) is 0 Å². The number of carbonyl (C=O) groups excluding carboxylic acids is 1. The van der Waals surface area contributed by atoms with Gasteiger partial charge in [-0.3, -0.25) is 4.79 Å². The van der Waals surface area contributed by atoms with Crippen LogP contribution in [-0.2, 0) is 6.54 Å². The van der Waals surface area contributed by atoms with Crippen LogP contribution in [0, 0.1) is 0 Å². The lowest BCUT2D eigenvalue weighted by molar-refractivity contribution is 0.111. The molecule has 5 nitrogen and oxygen atoms in total. The average Bonchev–Trinajstić information content (AvgIpc) is 3.10. The summed E-state index contributed by atoms with van der Waals surface area (Å²) in [5.41, 5.74) is 1.68. The molecule has 1 heterocycles. The Hall–Kier alpha value is -2.50. The fraction of sp³-hybridized carbons (Fsp3) is 0.417. The molecular formula is C24H36N4O. The van der Waals surface area contributed by atoms with E-state index in [2.05, 4.69) is 33.8 Å². The van der Waals surface area contributed by atoms with Crippen LogP contribution >= 0.6 is 0 Å². The van der Waals surface area contributed by atoms with E-state index in [1.807, 2.05) is 63.9 Å². The van der Waals surface area contributed by atoms with Crippen molar-refractivity contribution in [1.82, 2.24) is 20.2 Å². The van der Waals surface area contributed by atoms with Crippen LogP contribution in [0.25, 0.3) is 22.2 Å². The number of nitrogens with one attached hydrogen (secondary N) is 2. The fourth-order valence-corrected chi connectivity index (χ4v) is 2.70. The first-order valence-electron chi connectivity index (χ1n) is 10.3. The number of nitrogens with zero attached hydrogens (tertiary/aromatic N) is 2. The number of hydrogen-bond acceptors (Lipinski definition) is 4. The molecule has 0 amide bonds. The SMILES string of the molecule is C1CCC1.CCn1c(C=O)cnc1-c1cccc2ccccc12.CNC.CNC. The zero-order valence-electron chi connectivity index (χ0n) is 18.5. The molecule has 1 aliphatic rings. The van der Waals surface area contributed by atoms with Crippen LogP contribution in [0.1, 0.15) is 43.1 Å². The third-order valence-corrected chi connectivity index (χ3v) is 4.35. The molecule has 0 spiro atoms. The zero-order chi connectivity index (χ0) is 21.5. The Kier molecular flexibility index (Phi) is 12.3. The number of rotatable bonds is 3. The maximum absolute atomic E-state index is 11.0. The van der Waals surface area contributed by atoms with Gasteiger partial charge in [-0.15, -0.1) is 0 Å². The van der Waals surface area contributed by atoms with E-state index in [1.54, 1.807) is 6.20 Å². The normalized spacial score (nSPS) is 11.6. The number of hydrogen-bond donors (Lipinski definition) is 2. The summed E-state index contributed by atoms with van der Waals surface area (Å²) in [6, 6.07) is 14.4.